The SMILES string of the molecule is C[n+]1cc([O-])sc1-c1ccccc1. The van der Waals surface area contributed by atoms with Crippen molar-refractivity contribution in [3.63, 3.8) is 0 Å². The predicted molar refractivity (Wildman–Crippen MR) is 50.4 cm³/mol. The van der Waals surface area contributed by atoms with Crippen LogP contribution in [-0.2, 0) is 7.05 Å². The summed E-state index contributed by atoms with van der Waals surface area (Å²) in [5.41, 5.74) is 1.09. The lowest BCUT2D eigenvalue weighted by molar-refractivity contribution is -0.657. The second kappa shape index (κ2) is 3.18. The molecule has 1 heterocycles. The van der Waals surface area contributed by atoms with Crippen molar-refractivity contribution in [1.29, 1.82) is 0 Å². The van der Waals surface area contributed by atoms with Crippen molar-refractivity contribution < 1.29 is 9.67 Å². The second-order valence-corrected chi connectivity index (χ2v) is 3.83. The zero-order chi connectivity index (χ0) is 9.26. The summed E-state index contributed by atoms with van der Waals surface area (Å²) in [7, 11) is 1.89. The van der Waals surface area contributed by atoms with Gasteiger partial charge in [-0.1, -0.05) is 29.5 Å². The Balaban J connectivity index is 2.53. The average molecular weight is 191 g/mol. The molecule has 3 heteroatoms. The van der Waals surface area contributed by atoms with Crippen LogP contribution in [0.3, 0.4) is 0 Å². The third kappa shape index (κ3) is 1.55. The van der Waals surface area contributed by atoms with Crippen molar-refractivity contribution in [3.8, 4) is 15.6 Å². The summed E-state index contributed by atoms with van der Waals surface area (Å²) in [6.45, 7) is 0. The molecule has 2 aromatic rings. The van der Waals surface area contributed by atoms with Crippen molar-refractivity contribution in [1.82, 2.24) is 0 Å². The van der Waals surface area contributed by atoms with Gasteiger partial charge in [0.1, 0.15) is 7.05 Å². The molecule has 0 aliphatic carbocycles. The van der Waals surface area contributed by atoms with Gasteiger partial charge in [0, 0.05) is 5.06 Å². The Hall–Kier alpha value is -1.35. The summed E-state index contributed by atoms with van der Waals surface area (Å²) in [4.78, 5) is 0. The third-order valence-corrected chi connectivity index (χ3v) is 2.86. The highest BCUT2D eigenvalue weighted by atomic mass is 32.1. The van der Waals surface area contributed by atoms with Gasteiger partial charge < -0.3 is 5.11 Å². The first kappa shape index (κ1) is 8.26. The van der Waals surface area contributed by atoms with Gasteiger partial charge in [0.15, 0.2) is 6.20 Å². The standard InChI is InChI=1S/C10H9NOS/c1-11-7-9(12)13-10(11)8-5-3-2-4-6-8/h2-7H,1H3. The summed E-state index contributed by atoms with van der Waals surface area (Å²) in [6.07, 6.45) is 1.60. The van der Waals surface area contributed by atoms with Gasteiger partial charge in [-0.25, -0.2) is 0 Å². The zero-order valence-corrected chi connectivity index (χ0v) is 8.04. The Bertz CT molecular complexity index is 408. The zero-order valence-electron chi connectivity index (χ0n) is 7.23. The van der Waals surface area contributed by atoms with Crippen molar-refractivity contribution in [2.45, 2.75) is 0 Å². The van der Waals surface area contributed by atoms with E-state index in [-0.39, 0.29) is 5.06 Å². The lowest BCUT2D eigenvalue weighted by Gasteiger charge is -1.92. The number of nitrogens with zero attached hydrogens (tertiary/aromatic N) is 1. The lowest BCUT2D eigenvalue weighted by Crippen LogP contribution is -2.26. The molecule has 13 heavy (non-hydrogen) atoms. The highest BCUT2D eigenvalue weighted by Crippen LogP contribution is 2.24. The molecule has 0 unspecified atom stereocenters. The summed E-state index contributed by atoms with van der Waals surface area (Å²) < 4.78 is 1.86. The molecule has 2 rings (SSSR count). The summed E-state index contributed by atoms with van der Waals surface area (Å²) in [6, 6.07) is 9.92. The Kier molecular flexibility index (Phi) is 2.02. The number of thiazole rings is 1. The monoisotopic (exact) mass is 191 g/mol. The van der Waals surface area contributed by atoms with Crippen molar-refractivity contribution >= 4 is 11.3 Å². The minimum atomic E-state index is 0.0985. The quantitative estimate of drug-likeness (QED) is 0.624. The Morgan fingerprint density at radius 1 is 1.23 bits per heavy atom. The van der Waals surface area contributed by atoms with Crippen LogP contribution >= 0.6 is 11.3 Å². The molecular weight excluding hydrogens is 182 g/mol. The van der Waals surface area contributed by atoms with Gasteiger partial charge in [0.25, 0.3) is 5.01 Å². The highest BCUT2D eigenvalue weighted by Gasteiger charge is 2.10. The van der Waals surface area contributed by atoms with Gasteiger partial charge in [0.2, 0.25) is 0 Å². The van der Waals surface area contributed by atoms with Crippen LogP contribution in [0, 0.1) is 0 Å². The average Bonchev–Trinajstić information content (AvgIpc) is 2.47. The van der Waals surface area contributed by atoms with Crippen LogP contribution in [0.1, 0.15) is 0 Å². The Labute approximate surface area is 80.7 Å². The van der Waals surface area contributed by atoms with Crippen LogP contribution in [0.4, 0.5) is 0 Å². The Morgan fingerprint density at radius 2 is 1.92 bits per heavy atom. The number of hydrogen-bond acceptors (Lipinski definition) is 2. The molecule has 1 aromatic carbocycles. The van der Waals surface area contributed by atoms with Crippen molar-refractivity contribution in [2.24, 2.45) is 7.05 Å². The summed E-state index contributed by atoms with van der Waals surface area (Å²) in [5, 5.41) is 12.2. The maximum absolute atomic E-state index is 11.1. The first-order valence-corrected chi connectivity index (χ1v) is 4.81. The molecule has 1 aromatic heterocycles. The molecule has 0 saturated heterocycles. The van der Waals surface area contributed by atoms with E-state index in [1.165, 1.54) is 11.3 Å². The highest BCUT2D eigenvalue weighted by molar-refractivity contribution is 7.16. The second-order valence-electron chi connectivity index (χ2n) is 2.83. The van der Waals surface area contributed by atoms with Gasteiger partial charge in [-0.15, -0.1) is 0 Å². The molecule has 0 atom stereocenters. The molecule has 0 fully saturated rings. The molecular formula is C10H9NOS. The molecule has 0 aliphatic heterocycles. The fourth-order valence-corrected chi connectivity index (χ4v) is 2.11. The smallest absolute Gasteiger partial charge is 0.268 e. The van der Waals surface area contributed by atoms with Crippen LogP contribution in [0.5, 0.6) is 5.06 Å². The van der Waals surface area contributed by atoms with E-state index in [2.05, 4.69) is 0 Å². The van der Waals surface area contributed by atoms with E-state index >= 15 is 0 Å². The van der Waals surface area contributed by atoms with E-state index in [1.54, 1.807) is 6.20 Å². The fourth-order valence-electron chi connectivity index (χ4n) is 1.25. The number of rotatable bonds is 1. The van der Waals surface area contributed by atoms with Crippen LogP contribution in [0.2, 0.25) is 0 Å². The van der Waals surface area contributed by atoms with E-state index in [1.807, 2.05) is 41.9 Å². The van der Waals surface area contributed by atoms with Crippen molar-refractivity contribution in [2.75, 3.05) is 0 Å². The van der Waals surface area contributed by atoms with Gasteiger partial charge in [0.05, 0.1) is 5.56 Å². The minimum Gasteiger partial charge on any atom is -0.861 e. The molecule has 0 amide bonds. The van der Waals surface area contributed by atoms with E-state index in [4.69, 9.17) is 0 Å². The molecule has 2 nitrogen and oxygen atoms in total. The summed E-state index contributed by atoms with van der Waals surface area (Å²) in [5.74, 6) is 0. The van der Waals surface area contributed by atoms with Crippen molar-refractivity contribution in [3.05, 3.63) is 36.5 Å². The lowest BCUT2D eigenvalue weighted by atomic mass is 10.2. The molecule has 0 radical (unpaired) electrons. The molecule has 0 bridgehead atoms. The first-order chi connectivity index (χ1) is 6.27. The topological polar surface area (TPSA) is 26.9 Å². The molecule has 66 valence electrons. The molecule has 0 saturated carbocycles. The van der Waals surface area contributed by atoms with Gasteiger partial charge >= 0.3 is 0 Å². The molecule has 0 spiro atoms. The first-order valence-electron chi connectivity index (χ1n) is 3.99. The van der Waals surface area contributed by atoms with Gasteiger partial charge in [-0.2, -0.15) is 4.57 Å². The Morgan fingerprint density at radius 3 is 2.46 bits per heavy atom. The normalized spacial score (nSPS) is 10.2. The van der Waals surface area contributed by atoms with E-state index in [9.17, 15) is 5.11 Å². The van der Waals surface area contributed by atoms with E-state index in [0.29, 0.717) is 0 Å². The van der Waals surface area contributed by atoms with Crippen LogP contribution in [0.25, 0.3) is 10.6 Å². The van der Waals surface area contributed by atoms with E-state index < -0.39 is 0 Å². The minimum absolute atomic E-state index is 0.0985. The fraction of sp³-hybridized carbons (Fsp3) is 0.100. The number of hydrogen-bond donors (Lipinski definition) is 0. The number of aryl methyl sites for hydroxylation is 1. The van der Waals surface area contributed by atoms with Crippen LogP contribution < -0.4 is 9.67 Å². The number of aromatic nitrogens is 1. The van der Waals surface area contributed by atoms with Gasteiger partial charge in [-0.05, 0) is 12.1 Å². The molecule has 0 aliphatic rings. The van der Waals surface area contributed by atoms with Crippen LogP contribution in [0.15, 0.2) is 36.5 Å². The maximum Gasteiger partial charge on any atom is 0.268 e. The maximum atomic E-state index is 11.1. The third-order valence-electron chi connectivity index (χ3n) is 1.84. The number of benzene rings is 1. The molecule has 0 N–H and O–H groups in total. The largest absolute Gasteiger partial charge is 0.861 e. The van der Waals surface area contributed by atoms with Crippen LogP contribution in [-0.4, -0.2) is 0 Å². The predicted octanol–water partition coefficient (Wildman–Crippen LogP) is 1.31. The summed E-state index contributed by atoms with van der Waals surface area (Å²) >= 11 is 1.27. The van der Waals surface area contributed by atoms with E-state index in [0.717, 1.165) is 10.6 Å². The van der Waals surface area contributed by atoms with Gasteiger partial charge in [-0.3, -0.25) is 0 Å².